The van der Waals surface area contributed by atoms with E-state index in [0.29, 0.717) is 17.1 Å². The molecule has 0 spiro atoms. The zero-order valence-electron chi connectivity index (χ0n) is 17.8. The van der Waals surface area contributed by atoms with E-state index >= 15 is 0 Å². The molecule has 0 bridgehead atoms. The van der Waals surface area contributed by atoms with Crippen molar-refractivity contribution in [2.24, 2.45) is 0 Å². The van der Waals surface area contributed by atoms with Crippen molar-refractivity contribution in [1.29, 1.82) is 0 Å². The number of pyridine rings is 1. The predicted octanol–water partition coefficient (Wildman–Crippen LogP) is 1.46. The van der Waals surface area contributed by atoms with Crippen LogP contribution in [0.5, 0.6) is 0 Å². The van der Waals surface area contributed by atoms with Gasteiger partial charge in [-0.2, -0.15) is 0 Å². The number of anilines is 2. The molecule has 2 atom stereocenters. The molecule has 1 aromatic carbocycles. The van der Waals surface area contributed by atoms with Crippen LogP contribution in [0.3, 0.4) is 0 Å². The summed E-state index contributed by atoms with van der Waals surface area (Å²) in [5, 5.41) is 3.36. The molecule has 31 heavy (non-hydrogen) atoms. The van der Waals surface area contributed by atoms with E-state index in [0.717, 1.165) is 57.1 Å². The molecule has 2 saturated heterocycles. The summed E-state index contributed by atoms with van der Waals surface area (Å²) in [7, 11) is -1.94. The number of sulfonamides is 1. The molecule has 1 unspecified atom stereocenters. The van der Waals surface area contributed by atoms with Crippen molar-refractivity contribution in [3.8, 4) is 0 Å². The third-order valence-corrected chi connectivity index (χ3v) is 8.39. The third kappa shape index (κ3) is 3.80. The average Bonchev–Trinajstić information content (AvgIpc) is 3.45. The fraction of sp³-hybridized carbons (Fsp3) is 0.500. The van der Waals surface area contributed by atoms with Crippen LogP contribution in [0.25, 0.3) is 0 Å². The van der Waals surface area contributed by atoms with Crippen LogP contribution in [-0.2, 0) is 14.8 Å². The van der Waals surface area contributed by atoms with Gasteiger partial charge in [-0.15, -0.1) is 0 Å². The van der Waals surface area contributed by atoms with Gasteiger partial charge in [-0.05, 0) is 42.8 Å². The lowest BCUT2D eigenvalue weighted by atomic mass is 10.1. The summed E-state index contributed by atoms with van der Waals surface area (Å²) in [6, 6.07) is 10.9. The minimum Gasteiger partial charge on any atom is -0.380 e. The Hall–Kier alpha value is -2.20. The van der Waals surface area contributed by atoms with Crippen LogP contribution in [-0.4, -0.2) is 77.3 Å². The first kappa shape index (κ1) is 20.7. The van der Waals surface area contributed by atoms with Gasteiger partial charge >= 0.3 is 0 Å². The molecule has 3 aliphatic rings. The summed E-state index contributed by atoms with van der Waals surface area (Å²) in [6.07, 6.45) is 2.97. The lowest BCUT2D eigenvalue weighted by Gasteiger charge is -2.32. The van der Waals surface area contributed by atoms with Crippen LogP contribution in [0.4, 0.5) is 11.4 Å². The van der Waals surface area contributed by atoms with Crippen LogP contribution in [0.2, 0.25) is 0 Å². The first-order valence-electron chi connectivity index (χ1n) is 10.9. The molecule has 9 heteroatoms. The number of hydrogen-bond donors (Lipinski definition) is 1. The van der Waals surface area contributed by atoms with E-state index in [9.17, 15) is 8.42 Å². The number of ether oxygens (including phenoxy) is 1. The van der Waals surface area contributed by atoms with Gasteiger partial charge in [0.15, 0.2) is 0 Å². The third-order valence-electron chi connectivity index (χ3n) is 6.60. The standard InChI is InChI=1S/C22H29N5O3S/c1-30-18-8-12-26(15-18)17-4-6-19(7-5-17)31(28,29)27-16-21(25-13-10-23-11-14-25)22-20(27)3-2-9-24-22/h2-7,9,18,21,23H,8,10-16H2,1H3/t18-,21?/m0/s1. The Morgan fingerprint density at radius 1 is 1.06 bits per heavy atom. The van der Waals surface area contributed by atoms with Gasteiger partial charge in [0.25, 0.3) is 10.0 Å². The van der Waals surface area contributed by atoms with Gasteiger partial charge in [-0.1, -0.05) is 0 Å². The average molecular weight is 444 g/mol. The summed E-state index contributed by atoms with van der Waals surface area (Å²) in [6.45, 7) is 5.75. The van der Waals surface area contributed by atoms with Gasteiger partial charge in [0, 0.05) is 58.3 Å². The monoisotopic (exact) mass is 443 g/mol. The highest BCUT2D eigenvalue weighted by Crippen LogP contribution is 2.40. The van der Waals surface area contributed by atoms with E-state index in [1.165, 1.54) is 4.31 Å². The summed E-state index contributed by atoms with van der Waals surface area (Å²) in [5.74, 6) is 0. The first-order valence-corrected chi connectivity index (χ1v) is 12.3. The van der Waals surface area contributed by atoms with Gasteiger partial charge in [-0.25, -0.2) is 8.42 Å². The molecule has 5 rings (SSSR count). The van der Waals surface area contributed by atoms with E-state index in [1.807, 2.05) is 24.3 Å². The van der Waals surface area contributed by atoms with Gasteiger partial charge in [0.05, 0.1) is 35.0 Å². The molecule has 0 saturated carbocycles. The normalized spacial score (nSPS) is 24.5. The maximum absolute atomic E-state index is 13.6. The Balaban J connectivity index is 1.40. The topological polar surface area (TPSA) is 78.0 Å². The molecule has 2 aromatic rings. The molecule has 4 heterocycles. The summed E-state index contributed by atoms with van der Waals surface area (Å²) in [4.78, 5) is 9.45. The Morgan fingerprint density at radius 2 is 1.84 bits per heavy atom. The number of hydrogen-bond acceptors (Lipinski definition) is 7. The van der Waals surface area contributed by atoms with Crippen LogP contribution >= 0.6 is 0 Å². The van der Waals surface area contributed by atoms with Gasteiger partial charge in [0.1, 0.15) is 0 Å². The second-order valence-electron chi connectivity index (χ2n) is 8.33. The van der Waals surface area contributed by atoms with Crippen molar-refractivity contribution in [2.75, 3.05) is 62.1 Å². The fourth-order valence-corrected chi connectivity index (χ4v) is 6.32. The Bertz CT molecular complexity index is 1020. The summed E-state index contributed by atoms with van der Waals surface area (Å²) >= 11 is 0. The van der Waals surface area contributed by atoms with Crippen LogP contribution in [0, 0.1) is 0 Å². The van der Waals surface area contributed by atoms with E-state index in [4.69, 9.17) is 4.74 Å². The molecule has 2 fully saturated rings. The lowest BCUT2D eigenvalue weighted by molar-refractivity contribution is 0.121. The minimum atomic E-state index is -3.67. The summed E-state index contributed by atoms with van der Waals surface area (Å²) in [5.41, 5.74) is 2.57. The number of nitrogens with zero attached hydrogens (tertiary/aromatic N) is 4. The molecule has 3 aliphatic heterocycles. The predicted molar refractivity (Wildman–Crippen MR) is 120 cm³/mol. The molecular formula is C22H29N5O3S. The van der Waals surface area contributed by atoms with E-state index < -0.39 is 10.0 Å². The Morgan fingerprint density at radius 3 is 2.55 bits per heavy atom. The van der Waals surface area contributed by atoms with Crippen LogP contribution < -0.4 is 14.5 Å². The van der Waals surface area contributed by atoms with Crippen molar-refractivity contribution in [3.63, 3.8) is 0 Å². The highest BCUT2D eigenvalue weighted by atomic mass is 32.2. The van der Waals surface area contributed by atoms with Crippen molar-refractivity contribution < 1.29 is 13.2 Å². The maximum atomic E-state index is 13.6. The van der Waals surface area contributed by atoms with E-state index in [2.05, 4.69) is 20.1 Å². The quantitative estimate of drug-likeness (QED) is 0.750. The highest BCUT2D eigenvalue weighted by molar-refractivity contribution is 7.92. The van der Waals surface area contributed by atoms with Gasteiger partial charge in [0.2, 0.25) is 0 Å². The minimum absolute atomic E-state index is 0.0112. The molecule has 0 radical (unpaired) electrons. The maximum Gasteiger partial charge on any atom is 0.264 e. The number of aromatic nitrogens is 1. The van der Waals surface area contributed by atoms with E-state index in [1.54, 1.807) is 25.4 Å². The molecule has 0 aliphatic carbocycles. The van der Waals surface area contributed by atoms with Crippen LogP contribution in [0.1, 0.15) is 18.2 Å². The largest absolute Gasteiger partial charge is 0.380 e. The van der Waals surface area contributed by atoms with Gasteiger partial charge in [-0.3, -0.25) is 14.2 Å². The lowest BCUT2D eigenvalue weighted by Crippen LogP contribution is -2.46. The number of fused-ring (bicyclic) bond motifs is 1. The zero-order valence-corrected chi connectivity index (χ0v) is 18.6. The summed E-state index contributed by atoms with van der Waals surface area (Å²) < 4.78 is 34.2. The molecule has 8 nitrogen and oxygen atoms in total. The number of piperazine rings is 1. The smallest absolute Gasteiger partial charge is 0.264 e. The molecule has 1 N–H and O–H groups in total. The van der Waals surface area contributed by atoms with Gasteiger partial charge < -0.3 is 15.0 Å². The van der Waals surface area contributed by atoms with E-state index in [-0.39, 0.29) is 12.1 Å². The molecule has 1 aromatic heterocycles. The molecule has 0 amide bonds. The number of methoxy groups -OCH3 is 1. The van der Waals surface area contributed by atoms with Crippen molar-refractivity contribution in [1.82, 2.24) is 15.2 Å². The highest BCUT2D eigenvalue weighted by Gasteiger charge is 2.40. The number of rotatable bonds is 5. The molecular weight excluding hydrogens is 414 g/mol. The SMILES string of the molecule is CO[C@H]1CCN(c2ccc(S(=O)(=O)N3CC(N4CCNCC4)c4ncccc43)cc2)C1. The Kier molecular flexibility index (Phi) is 5.60. The number of benzene rings is 1. The second-order valence-corrected chi connectivity index (χ2v) is 10.2. The molecule has 166 valence electrons. The van der Waals surface area contributed by atoms with Crippen molar-refractivity contribution >= 4 is 21.4 Å². The van der Waals surface area contributed by atoms with Crippen LogP contribution in [0.15, 0.2) is 47.5 Å². The van der Waals surface area contributed by atoms with Crippen molar-refractivity contribution in [3.05, 3.63) is 48.3 Å². The second kappa shape index (κ2) is 8.38. The Labute approximate surface area is 183 Å². The fourth-order valence-electron chi connectivity index (χ4n) is 4.84. The first-order chi connectivity index (χ1) is 15.1. The number of nitrogens with one attached hydrogen (secondary N) is 1. The zero-order chi connectivity index (χ0) is 21.4. The van der Waals surface area contributed by atoms with Crippen molar-refractivity contribution in [2.45, 2.75) is 23.5 Å².